The molecule has 8 nitrogen and oxygen atoms in total. The van der Waals surface area contributed by atoms with Gasteiger partial charge in [0.2, 0.25) is 16.9 Å². The quantitative estimate of drug-likeness (QED) is 0.152. The fourth-order valence-corrected chi connectivity index (χ4v) is 5.08. The lowest BCUT2D eigenvalue weighted by molar-refractivity contribution is -0.116. The van der Waals surface area contributed by atoms with Gasteiger partial charge in [0.25, 0.3) is 0 Å². The van der Waals surface area contributed by atoms with E-state index in [9.17, 15) is 14.0 Å². The smallest absolute Gasteiger partial charge is 0.230 e. The molecule has 4 aromatic rings. The van der Waals surface area contributed by atoms with Crippen LogP contribution in [-0.4, -0.2) is 40.1 Å². The Morgan fingerprint density at radius 3 is 2.35 bits per heavy atom. The summed E-state index contributed by atoms with van der Waals surface area (Å²) in [4.78, 5) is 24.7. The average Bonchev–Trinajstić information content (AvgIpc) is 3.34. The predicted molar refractivity (Wildman–Crippen MR) is 162 cm³/mol. The Hall–Kier alpha value is -3.56. The summed E-state index contributed by atoms with van der Waals surface area (Å²) in [6.07, 6.45) is 3.66. The predicted octanol–water partition coefficient (Wildman–Crippen LogP) is 3.53. The van der Waals surface area contributed by atoms with Crippen LogP contribution < -0.4 is 16.1 Å². The number of unbranched alkanes of at least 4 members (excludes halogenated alkanes) is 1. The number of anilines is 2. The summed E-state index contributed by atoms with van der Waals surface area (Å²) in [7, 11) is 4.07. The molecular weight excluding hydrogens is 545 g/mol. The number of amides is 2. The topological polar surface area (TPSA) is 110 Å². The Kier molecular flexibility index (Phi) is 10.1. The minimum Gasteiger partial charge on any atom is -0.309 e. The van der Waals surface area contributed by atoms with Crippen LogP contribution >= 0.6 is 20.6 Å². The largest absolute Gasteiger partial charge is 0.309 e. The second-order valence-electron chi connectivity index (χ2n) is 9.84. The second-order valence-corrected chi connectivity index (χ2v) is 12.0. The number of aromatic nitrogens is 4. The Bertz CT molecular complexity index is 1450. The summed E-state index contributed by atoms with van der Waals surface area (Å²) >= 11 is 1.35. The van der Waals surface area contributed by atoms with Crippen LogP contribution in [0.4, 0.5) is 15.3 Å². The van der Waals surface area contributed by atoms with Gasteiger partial charge in [-0.05, 0) is 55.0 Å². The maximum absolute atomic E-state index is 14.3. The first-order chi connectivity index (χ1) is 19.1. The van der Waals surface area contributed by atoms with Crippen molar-refractivity contribution in [1.29, 1.82) is 0 Å². The first-order valence-electron chi connectivity index (χ1n) is 13.0. The fourth-order valence-electron chi connectivity index (χ4n) is 4.11. The van der Waals surface area contributed by atoms with Crippen molar-refractivity contribution in [3.63, 3.8) is 0 Å². The zero-order chi connectivity index (χ0) is 28.5. The molecule has 2 aromatic carbocycles. The van der Waals surface area contributed by atoms with E-state index in [0.717, 1.165) is 53.0 Å². The Morgan fingerprint density at radius 1 is 0.900 bits per heavy atom. The van der Waals surface area contributed by atoms with Crippen molar-refractivity contribution < 1.29 is 14.0 Å². The highest BCUT2D eigenvalue weighted by molar-refractivity contribution is 7.18. The van der Waals surface area contributed by atoms with Crippen LogP contribution in [0.3, 0.4) is 0 Å². The minimum atomic E-state index is -1.55. The van der Waals surface area contributed by atoms with E-state index in [-0.39, 0.29) is 24.7 Å². The first-order valence-corrected chi connectivity index (χ1v) is 14.4. The molecule has 0 radical (unpaired) electrons. The number of carbonyl (C=O) groups excluding carboxylic acids is 2. The maximum atomic E-state index is 14.3. The van der Waals surface area contributed by atoms with Gasteiger partial charge in [0, 0.05) is 6.42 Å². The zero-order valence-electron chi connectivity index (χ0n) is 22.5. The molecule has 0 aliphatic rings. The van der Waals surface area contributed by atoms with E-state index in [4.69, 9.17) is 0 Å². The van der Waals surface area contributed by atoms with Crippen LogP contribution in [0.2, 0.25) is 0 Å². The number of hydrogen-bond donors (Lipinski definition) is 2. The molecule has 12 heteroatoms. The second kappa shape index (κ2) is 13.7. The van der Waals surface area contributed by atoms with Gasteiger partial charge in [0.15, 0.2) is 5.82 Å². The van der Waals surface area contributed by atoms with E-state index < -0.39 is 5.41 Å². The van der Waals surface area contributed by atoms with E-state index in [0.29, 0.717) is 16.5 Å². The number of halogens is 1. The molecular formula is C28H31BFN6O2PS. The standard InChI is InChI=1S/C28H31BFN6O2PS/c1-28(30,39)20-13-19(14-21(29)17-20)16-25(38)32-27-36-35-26(40-27)10-6-5-9-22-11-12-23(34-33-22)31-24(37)15-18-7-3-2-4-8-18/h2-4,7-8,11-14,17H,5-6,9-10,15-16,29,39H2,1H3,(H,31,34,37)(H,32,36,38). The first kappa shape index (κ1) is 29.4. The van der Waals surface area contributed by atoms with Gasteiger partial charge in [-0.1, -0.05) is 74.6 Å². The van der Waals surface area contributed by atoms with Crippen LogP contribution in [0.1, 0.15) is 47.2 Å². The van der Waals surface area contributed by atoms with Crippen LogP contribution in [0.5, 0.6) is 0 Å². The van der Waals surface area contributed by atoms with Gasteiger partial charge in [-0.3, -0.25) is 9.59 Å². The van der Waals surface area contributed by atoms with Gasteiger partial charge in [-0.2, -0.15) is 5.10 Å². The number of carbonyl (C=O) groups is 2. The lowest BCUT2D eigenvalue weighted by Crippen LogP contribution is -2.18. The molecule has 206 valence electrons. The number of hydrogen-bond acceptors (Lipinski definition) is 7. The average molecular weight is 576 g/mol. The third kappa shape index (κ3) is 9.28. The molecule has 2 N–H and O–H groups in total. The molecule has 2 aromatic heterocycles. The molecule has 0 fully saturated rings. The Labute approximate surface area is 240 Å². The van der Waals surface area contributed by atoms with Gasteiger partial charge < -0.3 is 10.6 Å². The minimum absolute atomic E-state index is 0.126. The third-order valence-corrected chi connectivity index (χ3v) is 7.28. The van der Waals surface area contributed by atoms with E-state index in [1.807, 2.05) is 50.3 Å². The van der Waals surface area contributed by atoms with Crippen molar-refractivity contribution in [3.05, 3.63) is 88.1 Å². The van der Waals surface area contributed by atoms with Crippen LogP contribution in [0.25, 0.3) is 0 Å². The van der Waals surface area contributed by atoms with E-state index in [1.54, 1.807) is 18.2 Å². The van der Waals surface area contributed by atoms with Crippen molar-refractivity contribution >= 4 is 56.6 Å². The molecule has 0 aliphatic carbocycles. The van der Waals surface area contributed by atoms with Crippen molar-refractivity contribution in [3.8, 4) is 0 Å². The monoisotopic (exact) mass is 576 g/mol. The molecule has 0 bridgehead atoms. The van der Waals surface area contributed by atoms with E-state index in [2.05, 4.69) is 40.3 Å². The summed E-state index contributed by atoms with van der Waals surface area (Å²) in [5, 5.41) is 21.9. The van der Waals surface area contributed by atoms with Gasteiger partial charge >= 0.3 is 0 Å². The molecule has 0 saturated heterocycles. The molecule has 0 saturated carbocycles. The lowest BCUT2D eigenvalue weighted by Gasteiger charge is -2.16. The molecule has 2 unspecified atom stereocenters. The molecule has 0 spiro atoms. The number of rotatable bonds is 12. The summed E-state index contributed by atoms with van der Waals surface area (Å²) in [6, 6.07) is 18.5. The SMILES string of the molecule is Bc1cc(CC(=O)Nc2nnc(CCCCc3ccc(NC(=O)Cc4ccccc4)nn3)s2)cc(C(C)(F)P)c1. The van der Waals surface area contributed by atoms with Gasteiger partial charge in [-0.15, -0.1) is 15.3 Å². The summed E-state index contributed by atoms with van der Waals surface area (Å²) in [5.74, 6) is 0.0771. The number of nitrogens with zero attached hydrogens (tertiary/aromatic N) is 4. The van der Waals surface area contributed by atoms with Gasteiger partial charge in [0.1, 0.15) is 18.3 Å². The Balaban J connectivity index is 1.17. The summed E-state index contributed by atoms with van der Waals surface area (Å²) in [6.45, 7) is 1.47. The number of alkyl halides is 1. The molecule has 4 rings (SSSR count). The number of nitrogens with one attached hydrogen (secondary N) is 2. The number of aryl methyl sites for hydroxylation is 2. The third-order valence-electron chi connectivity index (χ3n) is 6.05. The highest BCUT2D eigenvalue weighted by atomic mass is 32.1. The highest BCUT2D eigenvalue weighted by Crippen LogP contribution is 2.32. The lowest BCUT2D eigenvalue weighted by atomic mass is 9.90. The van der Waals surface area contributed by atoms with Crippen molar-refractivity contribution in [2.45, 2.75) is 50.9 Å². The van der Waals surface area contributed by atoms with Crippen LogP contribution in [0, 0.1) is 0 Å². The zero-order valence-corrected chi connectivity index (χ0v) is 24.5. The van der Waals surface area contributed by atoms with Crippen LogP contribution in [0.15, 0.2) is 60.7 Å². The molecule has 40 heavy (non-hydrogen) atoms. The van der Waals surface area contributed by atoms with Crippen LogP contribution in [-0.2, 0) is 40.7 Å². The molecule has 2 atom stereocenters. The molecule has 2 heterocycles. The number of benzene rings is 2. The maximum Gasteiger partial charge on any atom is 0.230 e. The fraction of sp³-hybridized carbons (Fsp3) is 0.286. The van der Waals surface area contributed by atoms with Gasteiger partial charge in [-0.25, -0.2) is 4.39 Å². The molecule has 0 aliphatic heterocycles. The van der Waals surface area contributed by atoms with Crippen molar-refractivity contribution in [2.24, 2.45) is 0 Å². The van der Waals surface area contributed by atoms with Crippen molar-refractivity contribution in [2.75, 3.05) is 10.6 Å². The summed E-state index contributed by atoms with van der Waals surface area (Å²) < 4.78 is 14.3. The summed E-state index contributed by atoms with van der Waals surface area (Å²) in [5.41, 5.74) is 3.95. The van der Waals surface area contributed by atoms with E-state index in [1.165, 1.54) is 18.3 Å². The Morgan fingerprint density at radius 2 is 1.62 bits per heavy atom. The van der Waals surface area contributed by atoms with Crippen molar-refractivity contribution in [1.82, 2.24) is 20.4 Å². The highest BCUT2D eigenvalue weighted by Gasteiger charge is 2.20. The molecule has 2 amide bonds. The normalized spacial score (nSPS) is 12.5. The van der Waals surface area contributed by atoms with E-state index >= 15 is 0 Å². The van der Waals surface area contributed by atoms with Gasteiger partial charge in [0.05, 0.1) is 18.5 Å².